The smallest absolute Gasteiger partial charge is 0.328 e. The number of aromatic nitrogens is 2. The molecule has 5 aromatic rings. The largest absolute Gasteiger partial charge is 0.481 e. The van der Waals surface area contributed by atoms with E-state index in [1.54, 1.807) is 76.2 Å². The van der Waals surface area contributed by atoms with Gasteiger partial charge in [-0.25, -0.2) is 9.18 Å². The van der Waals surface area contributed by atoms with E-state index in [0.717, 1.165) is 39.0 Å². The highest BCUT2D eigenvalue weighted by molar-refractivity contribution is 8.76. The van der Waals surface area contributed by atoms with Crippen molar-refractivity contribution in [1.29, 1.82) is 0 Å². The van der Waals surface area contributed by atoms with E-state index in [1.165, 1.54) is 26.2 Å². The Labute approximate surface area is 814 Å². The minimum Gasteiger partial charge on any atom is -0.481 e. The van der Waals surface area contributed by atoms with Gasteiger partial charge in [0.1, 0.15) is 66.5 Å². The predicted octanol–water partition coefficient (Wildman–Crippen LogP) is -1.33. The van der Waals surface area contributed by atoms with Crippen LogP contribution in [-0.4, -0.2) is 326 Å². The molecule has 22 N–H and O–H groups in total. The van der Waals surface area contributed by atoms with Gasteiger partial charge in [-0.15, -0.1) is 0 Å². The fourth-order valence-electron chi connectivity index (χ4n) is 13.9. The molecule has 49 heteroatoms. The lowest BCUT2D eigenvalue weighted by Crippen LogP contribution is -2.61. The van der Waals surface area contributed by atoms with Crippen LogP contribution in [0.25, 0.3) is 21.8 Å². The summed E-state index contributed by atoms with van der Waals surface area (Å²) in [6.45, 7) is 15.2. The van der Waals surface area contributed by atoms with Crippen LogP contribution in [0.3, 0.4) is 0 Å². The van der Waals surface area contributed by atoms with Gasteiger partial charge in [0.2, 0.25) is 76.8 Å². The maximum atomic E-state index is 15.8. The van der Waals surface area contributed by atoms with E-state index >= 15 is 18.8 Å². The van der Waals surface area contributed by atoms with Crippen molar-refractivity contribution in [3.63, 3.8) is 0 Å². The number of hydrogen-bond donors (Lipinski definition) is 21. The standard InChI is InChI=1S/C91H130FN17O29S2/c1-49(2)38-65-81(120)97-46-73(112)100-63(19-21-74(113)114)82(121)104-66(39-50(3)4)87(126)108-77(51(5)6)90(129)105-68(42-57-45-96-62-17-13-11-15-59(57)62)85(124)107-71(89(128)109-78(53(8)110)91(130)131)48-140-139-47-70(106-86(125)69(43-75(115)116)99-54(9)111)88(127)98-52(7)79(118)102-67(41-56-44-95-61-16-12-10-14-58(56)61)84(123)101-64(83(122)103-65)22-25-94-80(119)55-18-20-72(60(92)40-55)138-76(117)23-26-132-28-30-134-32-34-136-36-37-137-35-33-135-31-29-133-27-24-93/h10-18,20,40,44-45,49-53,63-71,77-78,95-96,110H,19,21-39,41-43,46-48,93H2,1-9H3,(H,94,119)(H,97,120)(H,98,127)(H,99,111)(H,100,112)(H,101,123)(H,102,118)(H,103,122)(H,104,121)(H,105,129)(H,106,125)(H,107,124)(H,108,126)(H,109,128)(H,113,114)(H,115,116)(H,130,131)/t52-,53+,63-,64-,65-,66-,67-,68-,69-,70-,71-,77-,78-/m0/s1. The fraction of sp³-hybridized carbons (Fsp3) is 0.560. The fourth-order valence-corrected chi connectivity index (χ4v) is 16.3. The van der Waals surface area contributed by atoms with Crippen molar-refractivity contribution in [3.8, 4) is 5.75 Å². The Hall–Kier alpha value is -12.5. The number of para-hydroxylation sites is 2. The van der Waals surface area contributed by atoms with Crippen molar-refractivity contribution in [2.45, 2.75) is 199 Å². The van der Waals surface area contributed by atoms with Crippen molar-refractivity contribution >= 4 is 150 Å². The van der Waals surface area contributed by atoms with Gasteiger partial charge in [0.15, 0.2) is 17.6 Å². The van der Waals surface area contributed by atoms with Gasteiger partial charge < -0.3 is 144 Å². The molecule has 6 rings (SSSR count). The molecular weight excluding hydrogens is 1880 g/mol. The second kappa shape index (κ2) is 61.2. The molecule has 0 bridgehead atoms. The van der Waals surface area contributed by atoms with E-state index in [1.807, 2.05) is 0 Å². The summed E-state index contributed by atoms with van der Waals surface area (Å²) in [4.78, 5) is 259. The molecule has 1 saturated heterocycles. The maximum Gasteiger partial charge on any atom is 0.328 e. The molecule has 1 fully saturated rings. The Kier molecular flexibility index (Phi) is 50.8. The first-order valence-electron chi connectivity index (χ1n) is 45.6. The predicted molar refractivity (Wildman–Crippen MR) is 506 cm³/mol. The lowest BCUT2D eigenvalue weighted by atomic mass is 9.98. The number of halogens is 1. The van der Waals surface area contributed by atoms with Gasteiger partial charge in [0, 0.05) is 90.5 Å². The Morgan fingerprint density at radius 2 is 1.01 bits per heavy atom. The number of carboxylic acids is 3. The highest BCUT2D eigenvalue weighted by atomic mass is 33.1. The number of aliphatic hydroxyl groups excluding tert-OH is 1. The number of carbonyl (C=O) groups is 18. The van der Waals surface area contributed by atoms with E-state index < -0.39 is 271 Å². The number of nitrogens with one attached hydrogen (secondary N) is 16. The molecule has 0 unspecified atom stereocenters. The summed E-state index contributed by atoms with van der Waals surface area (Å²) in [6, 6.07) is -4.58. The van der Waals surface area contributed by atoms with Crippen LogP contribution in [0.1, 0.15) is 129 Å². The monoisotopic (exact) mass is 2010 g/mol. The molecule has 140 heavy (non-hydrogen) atoms. The molecule has 3 aromatic carbocycles. The van der Waals surface area contributed by atoms with Crippen molar-refractivity contribution in [3.05, 3.63) is 102 Å². The van der Waals surface area contributed by atoms with Crippen LogP contribution in [0.2, 0.25) is 0 Å². The average Bonchev–Trinajstić information content (AvgIpc) is 1.10. The Morgan fingerprint density at radius 3 is 1.51 bits per heavy atom. The molecule has 46 nitrogen and oxygen atoms in total. The average molecular weight is 2010 g/mol. The highest BCUT2D eigenvalue weighted by Gasteiger charge is 2.40. The Bertz CT molecular complexity index is 4990. The maximum absolute atomic E-state index is 15.8. The number of ether oxygens (including phenoxy) is 7. The van der Waals surface area contributed by atoms with Crippen LogP contribution < -0.4 is 84.9 Å². The SMILES string of the molecule is CC(=O)N[C@@H](CC(=O)O)C(=O)N[C@H]1CSSC[C@@H](C(=O)N[C@H](C(=O)O)[C@@H](C)O)NC(=O)[C@H](Cc2c[nH]c3ccccc23)NC(=O)[C@H](C(C)C)NC(=O)[C@H](CC(C)C)NC(=O)[C@H](CCC(=O)O)NC(=O)CNC(=O)[C@H](CC(C)C)NC(=O)[C@H](CCNC(=O)c2ccc(OC(=O)CCOCCOCCOCCOCCOCCOCCN)c(F)c2)NC(=O)[C@H](Cc2c[nH]c3ccccc23)NC(=O)[C@H](C)NC1=O. The zero-order valence-corrected chi connectivity index (χ0v) is 81.0. The number of rotatable bonds is 46. The van der Waals surface area contributed by atoms with Crippen LogP contribution in [0.5, 0.6) is 5.75 Å². The number of H-pyrrole nitrogens is 2. The number of benzene rings is 3. The van der Waals surface area contributed by atoms with Crippen LogP contribution in [0, 0.1) is 23.6 Å². The summed E-state index contributed by atoms with van der Waals surface area (Å²) in [6.07, 6.45) is -3.08. The molecular formula is C91H130FN17O29S2. The molecule has 13 atom stereocenters. The van der Waals surface area contributed by atoms with Gasteiger partial charge in [-0.1, -0.05) is 99.5 Å². The number of carbonyl (C=O) groups excluding carboxylic acids is 15. The number of esters is 1. The number of hydrogen-bond acceptors (Lipinski definition) is 29. The Balaban J connectivity index is 1.35. The van der Waals surface area contributed by atoms with Gasteiger partial charge in [0.05, 0.1) is 105 Å². The lowest BCUT2D eigenvalue weighted by Gasteiger charge is -2.29. The molecule has 1 aliphatic heterocycles. The first-order chi connectivity index (χ1) is 66.6. The molecule has 2 aromatic heterocycles. The first-order valence-corrected chi connectivity index (χ1v) is 48.1. The second-order valence-electron chi connectivity index (χ2n) is 33.9. The molecule has 0 spiro atoms. The normalized spacial score (nSPS) is 20.4. The van der Waals surface area contributed by atoms with E-state index in [-0.39, 0.29) is 64.3 Å². The van der Waals surface area contributed by atoms with Gasteiger partial charge in [-0.3, -0.25) is 81.5 Å². The van der Waals surface area contributed by atoms with Crippen LogP contribution in [-0.2, 0) is 123 Å². The van der Waals surface area contributed by atoms with Gasteiger partial charge in [-0.05, 0) is 98.7 Å². The van der Waals surface area contributed by atoms with E-state index in [4.69, 9.17) is 38.9 Å². The number of aliphatic hydroxyl groups is 1. The summed E-state index contributed by atoms with van der Waals surface area (Å²) in [5, 5.41) is 76.3. The van der Waals surface area contributed by atoms with Crippen molar-refractivity contribution < 1.29 is 144 Å². The minimum absolute atomic E-state index is 0.0903. The number of amides is 14. The zero-order valence-electron chi connectivity index (χ0n) is 79.4. The van der Waals surface area contributed by atoms with Gasteiger partial charge in [-0.2, -0.15) is 0 Å². The quantitative estimate of drug-likeness (QED) is 0.00929. The summed E-state index contributed by atoms with van der Waals surface area (Å²) < 4.78 is 53.5. The van der Waals surface area contributed by atoms with Crippen LogP contribution >= 0.6 is 21.6 Å². The van der Waals surface area contributed by atoms with Crippen molar-refractivity contribution in [1.82, 2.24) is 84.4 Å². The summed E-state index contributed by atoms with van der Waals surface area (Å²) >= 11 is 0. The Morgan fingerprint density at radius 1 is 0.521 bits per heavy atom. The number of aliphatic carboxylic acids is 3. The number of carboxylic acid groups (broad SMARTS) is 3. The summed E-state index contributed by atoms with van der Waals surface area (Å²) in [5.74, 6) is -25.5. The molecule has 772 valence electrons. The van der Waals surface area contributed by atoms with Crippen LogP contribution in [0.4, 0.5) is 4.39 Å². The van der Waals surface area contributed by atoms with Crippen LogP contribution in [0.15, 0.2) is 79.1 Å². The van der Waals surface area contributed by atoms with Crippen molar-refractivity contribution in [2.24, 2.45) is 23.5 Å². The van der Waals surface area contributed by atoms with E-state index in [2.05, 4.69) is 84.4 Å². The molecule has 14 amide bonds. The summed E-state index contributed by atoms with van der Waals surface area (Å²) in [7, 11) is 1.40. The highest BCUT2D eigenvalue weighted by Crippen LogP contribution is 2.27. The van der Waals surface area contributed by atoms with Crippen molar-refractivity contribution in [2.75, 3.05) is 110 Å². The molecule has 0 saturated carbocycles. The first kappa shape index (κ1) is 116. The number of aromatic amines is 2. The third kappa shape index (κ3) is 41.5. The van der Waals surface area contributed by atoms with Gasteiger partial charge >= 0.3 is 23.9 Å². The summed E-state index contributed by atoms with van der Waals surface area (Å²) in [5.41, 5.74) is 6.99. The topological polar surface area (TPSA) is 679 Å². The van der Waals surface area contributed by atoms with E-state index in [0.29, 0.717) is 107 Å². The molecule has 0 radical (unpaired) electrons. The number of fused-ring (bicyclic) bond motifs is 2. The second-order valence-corrected chi connectivity index (χ2v) is 36.5. The molecule has 3 heterocycles. The lowest BCUT2D eigenvalue weighted by molar-refractivity contribution is -0.145. The molecule has 1 aliphatic rings. The van der Waals surface area contributed by atoms with Gasteiger partial charge in [0.25, 0.3) is 5.91 Å². The molecule has 0 aliphatic carbocycles. The minimum atomic E-state index is -2.01. The number of nitrogens with two attached hydrogens (primary N) is 1. The third-order valence-electron chi connectivity index (χ3n) is 21.1. The third-order valence-corrected chi connectivity index (χ3v) is 23.6. The zero-order chi connectivity index (χ0) is 103. The van der Waals surface area contributed by atoms with E-state index in [9.17, 15) is 92.3 Å².